The minimum Gasteiger partial charge on any atom is -0.493 e. The molecule has 4 rings (SSSR count). The Morgan fingerprint density at radius 1 is 0.882 bits per heavy atom. The number of ether oxygens (including phenoxy) is 1. The van der Waals surface area contributed by atoms with Crippen LogP contribution in [0.15, 0.2) is 72.8 Å². The van der Waals surface area contributed by atoms with Gasteiger partial charge >= 0.3 is 0 Å². The molecule has 0 radical (unpaired) electrons. The average molecular weight is 516 g/mol. The number of nitrogens with zero attached hydrogens (tertiary/aromatic N) is 2. The molecule has 3 nitrogen and oxygen atoms in total. The SMILES string of the molecule is Clc1ccc(Cl)c(N(Cc2ccccc2OCCCN2CCCCC2)SCc2ccccc2)c1. The number of likely N-dealkylation sites (tertiary alicyclic amines) is 1. The number of para-hydroxylation sites is 1. The van der Waals surface area contributed by atoms with E-state index >= 15 is 0 Å². The third kappa shape index (κ3) is 7.58. The van der Waals surface area contributed by atoms with Gasteiger partial charge in [0.25, 0.3) is 0 Å². The Labute approximate surface area is 218 Å². The highest BCUT2D eigenvalue weighted by atomic mass is 35.5. The lowest BCUT2D eigenvalue weighted by molar-refractivity contribution is 0.204. The van der Waals surface area contributed by atoms with Crippen molar-refractivity contribution in [3.05, 3.63) is 94.0 Å². The van der Waals surface area contributed by atoms with Crippen LogP contribution in [-0.2, 0) is 12.3 Å². The van der Waals surface area contributed by atoms with Gasteiger partial charge in [0.05, 0.1) is 23.9 Å². The van der Waals surface area contributed by atoms with Crippen molar-refractivity contribution in [2.45, 2.75) is 38.0 Å². The summed E-state index contributed by atoms with van der Waals surface area (Å²) in [6.07, 6.45) is 5.06. The lowest BCUT2D eigenvalue weighted by Crippen LogP contribution is -2.31. The van der Waals surface area contributed by atoms with Gasteiger partial charge in [-0.15, -0.1) is 0 Å². The van der Waals surface area contributed by atoms with E-state index in [1.807, 2.05) is 30.3 Å². The summed E-state index contributed by atoms with van der Waals surface area (Å²) in [5, 5.41) is 1.36. The molecule has 0 spiro atoms. The highest BCUT2D eigenvalue weighted by molar-refractivity contribution is 7.99. The highest BCUT2D eigenvalue weighted by Gasteiger charge is 2.16. The molecule has 1 heterocycles. The predicted molar refractivity (Wildman–Crippen MR) is 147 cm³/mol. The Hall–Kier alpha value is -1.85. The van der Waals surface area contributed by atoms with Crippen LogP contribution in [0.3, 0.4) is 0 Å². The Kier molecular flexibility index (Phi) is 9.87. The molecule has 0 aliphatic carbocycles. The van der Waals surface area contributed by atoms with Gasteiger partial charge in [0.1, 0.15) is 5.75 Å². The van der Waals surface area contributed by atoms with Crippen LogP contribution in [0.1, 0.15) is 36.8 Å². The Balaban J connectivity index is 1.44. The molecular formula is C28H32Cl2N2OS. The lowest BCUT2D eigenvalue weighted by Gasteiger charge is -2.27. The Bertz CT molecular complexity index is 1030. The molecule has 0 N–H and O–H groups in total. The van der Waals surface area contributed by atoms with Crippen molar-refractivity contribution < 1.29 is 4.74 Å². The van der Waals surface area contributed by atoms with E-state index in [9.17, 15) is 0 Å². The summed E-state index contributed by atoms with van der Waals surface area (Å²) in [6, 6.07) is 24.4. The molecule has 6 heteroatoms. The molecular weight excluding hydrogens is 483 g/mol. The van der Waals surface area contributed by atoms with Crippen LogP contribution < -0.4 is 9.04 Å². The van der Waals surface area contributed by atoms with E-state index in [-0.39, 0.29) is 0 Å². The minimum absolute atomic E-state index is 0.667. The summed E-state index contributed by atoms with van der Waals surface area (Å²) in [4.78, 5) is 2.56. The van der Waals surface area contributed by atoms with Crippen molar-refractivity contribution in [3.63, 3.8) is 0 Å². The highest BCUT2D eigenvalue weighted by Crippen LogP contribution is 2.36. The molecule has 180 valence electrons. The molecule has 3 aromatic rings. The largest absolute Gasteiger partial charge is 0.493 e. The van der Waals surface area contributed by atoms with Gasteiger partial charge in [0.2, 0.25) is 0 Å². The smallest absolute Gasteiger partial charge is 0.124 e. The Morgan fingerprint density at radius 2 is 1.65 bits per heavy atom. The maximum absolute atomic E-state index is 6.61. The van der Waals surface area contributed by atoms with Crippen molar-refractivity contribution in [2.24, 2.45) is 0 Å². The standard InChI is InChI=1S/C28H32Cl2N2OS/c29-25-14-15-26(30)27(20-25)32(34-22-23-10-3-1-4-11-23)21-24-12-5-6-13-28(24)33-19-9-18-31-16-7-2-8-17-31/h1,3-6,10-15,20H,2,7-9,16-19,21-22H2. The second-order valence-electron chi connectivity index (χ2n) is 8.60. The van der Waals surface area contributed by atoms with Crippen LogP contribution in [0, 0.1) is 0 Å². The number of rotatable bonds is 11. The molecule has 3 aromatic carbocycles. The molecule has 1 aliphatic heterocycles. The van der Waals surface area contributed by atoms with Crippen molar-refractivity contribution in [3.8, 4) is 5.75 Å². The summed E-state index contributed by atoms with van der Waals surface area (Å²) in [7, 11) is 0. The number of hydrogen-bond donors (Lipinski definition) is 0. The second kappa shape index (κ2) is 13.3. The zero-order valence-corrected chi connectivity index (χ0v) is 21.8. The number of benzene rings is 3. The third-order valence-electron chi connectivity index (χ3n) is 6.02. The fourth-order valence-corrected chi connectivity index (χ4v) is 5.64. The fraction of sp³-hybridized carbons (Fsp3) is 0.357. The van der Waals surface area contributed by atoms with E-state index in [0.717, 1.165) is 42.3 Å². The zero-order chi connectivity index (χ0) is 23.6. The van der Waals surface area contributed by atoms with Crippen molar-refractivity contribution in [1.29, 1.82) is 0 Å². The lowest BCUT2D eigenvalue weighted by atomic mass is 10.1. The van der Waals surface area contributed by atoms with Crippen LogP contribution in [0.5, 0.6) is 5.75 Å². The summed E-state index contributed by atoms with van der Waals surface area (Å²) in [5.41, 5.74) is 3.31. The zero-order valence-electron chi connectivity index (χ0n) is 19.5. The second-order valence-corrected chi connectivity index (χ2v) is 10.4. The summed E-state index contributed by atoms with van der Waals surface area (Å²) in [5.74, 6) is 1.77. The first-order chi connectivity index (χ1) is 16.7. The normalized spacial score (nSPS) is 14.2. The van der Waals surface area contributed by atoms with E-state index < -0.39 is 0 Å². The number of halogens is 2. The van der Waals surface area contributed by atoms with Gasteiger partial charge in [-0.3, -0.25) is 0 Å². The monoisotopic (exact) mass is 514 g/mol. The number of anilines is 1. The molecule has 0 saturated carbocycles. The summed E-state index contributed by atoms with van der Waals surface area (Å²) in [6.45, 7) is 4.96. The van der Waals surface area contributed by atoms with Gasteiger partial charge in [-0.05, 0) is 74.1 Å². The molecule has 0 bridgehead atoms. The van der Waals surface area contributed by atoms with E-state index in [2.05, 4.69) is 51.7 Å². The van der Waals surface area contributed by atoms with Gasteiger partial charge < -0.3 is 13.9 Å². The first-order valence-corrected chi connectivity index (χ1v) is 13.7. The maximum atomic E-state index is 6.61. The van der Waals surface area contributed by atoms with Gasteiger partial charge in [-0.2, -0.15) is 0 Å². The van der Waals surface area contributed by atoms with E-state index in [1.165, 1.54) is 37.9 Å². The molecule has 0 atom stereocenters. The first-order valence-electron chi connectivity index (χ1n) is 12.0. The number of hydrogen-bond acceptors (Lipinski definition) is 4. The summed E-state index contributed by atoms with van der Waals surface area (Å²) >= 11 is 14.7. The van der Waals surface area contributed by atoms with Crippen LogP contribution in [-0.4, -0.2) is 31.1 Å². The van der Waals surface area contributed by atoms with Crippen molar-refractivity contribution in [2.75, 3.05) is 30.5 Å². The van der Waals surface area contributed by atoms with Gasteiger partial charge in [-0.1, -0.05) is 78.2 Å². The van der Waals surface area contributed by atoms with Gasteiger partial charge in [0.15, 0.2) is 0 Å². The first kappa shape index (κ1) is 25.2. The van der Waals surface area contributed by atoms with E-state index in [4.69, 9.17) is 27.9 Å². The molecule has 1 fully saturated rings. The topological polar surface area (TPSA) is 15.7 Å². The number of piperidine rings is 1. The van der Waals surface area contributed by atoms with Gasteiger partial charge in [0, 0.05) is 22.9 Å². The van der Waals surface area contributed by atoms with Crippen molar-refractivity contribution in [1.82, 2.24) is 4.90 Å². The molecule has 0 amide bonds. The quantitative estimate of drug-likeness (QED) is 0.189. The van der Waals surface area contributed by atoms with Crippen molar-refractivity contribution >= 4 is 40.8 Å². The van der Waals surface area contributed by atoms with Gasteiger partial charge in [-0.25, -0.2) is 0 Å². The minimum atomic E-state index is 0.667. The average Bonchev–Trinajstić information content (AvgIpc) is 2.88. The summed E-state index contributed by atoms with van der Waals surface area (Å²) < 4.78 is 8.48. The molecule has 0 unspecified atom stereocenters. The fourth-order valence-electron chi connectivity index (χ4n) is 4.19. The van der Waals surface area contributed by atoms with Crippen LogP contribution in [0.2, 0.25) is 10.0 Å². The van der Waals surface area contributed by atoms with Crippen LogP contribution in [0.25, 0.3) is 0 Å². The molecule has 1 saturated heterocycles. The third-order valence-corrected chi connectivity index (χ3v) is 7.67. The molecule has 34 heavy (non-hydrogen) atoms. The van der Waals surface area contributed by atoms with E-state index in [0.29, 0.717) is 16.6 Å². The van der Waals surface area contributed by atoms with Crippen LogP contribution in [0.4, 0.5) is 5.69 Å². The van der Waals surface area contributed by atoms with E-state index in [1.54, 1.807) is 11.9 Å². The molecule has 0 aromatic heterocycles. The predicted octanol–water partition coefficient (Wildman–Crippen LogP) is 8.10. The molecule has 1 aliphatic rings. The van der Waals surface area contributed by atoms with Crippen LogP contribution >= 0.6 is 35.1 Å². The maximum Gasteiger partial charge on any atom is 0.124 e. The Morgan fingerprint density at radius 3 is 2.47 bits per heavy atom.